The van der Waals surface area contributed by atoms with Crippen LogP contribution in [-0.4, -0.2) is 16.2 Å². The molecule has 106 valence electrons. The quantitative estimate of drug-likeness (QED) is 0.773. The van der Waals surface area contributed by atoms with Crippen molar-refractivity contribution in [3.63, 3.8) is 0 Å². The molecule has 4 nitrogen and oxygen atoms in total. The number of rotatable bonds is 3. The number of hydrogen-bond acceptors (Lipinski definition) is 3. The standard InChI is InChI=1S/C17H14O4/c1-17(20,16(18)19)14-10-13(11-6-3-2-4-7-11)12-8-5-9-21-15(12)14/h2-10,20H,1H3,(H,18,19). The molecule has 0 aromatic heterocycles. The highest BCUT2D eigenvalue weighted by Crippen LogP contribution is 2.43. The van der Waals surface area contributed by atoms with Gasteiger partial charge in [-0.15, -0.1) is 0 Å². The Bertz CT molecular complexity index is 756. The maximum Gasteiger partial charge on any atom is 0.340 e. The van der Waals surface area contributed by atoms with E-state index in [1.54, 1.807) is 12.1 Å². The Morgan fingerprint density at radius 2 is 1.81 bits per heavy atom. The highest BCUT2D eigenvalue weighted by atomic mass is 16.4. The zero-order valence-corrected chi connectivity index (χ0v) is 11.4. The van der Waals surface area contributed by atoms with Gasteiger partial charge in [-0.2, -0.15) is 0 Å². The lowest BCUT2D eigenvalue weighted by Gasteiger charge is -2.17. The Morgan fingerprint density at radius 1 is 1.10 bits per heavy atom. The van der Waals surface area contributed by atoms with Gasteiger partial charge in [-0.05, 0) is 36.2 Å². The van der Waals surface area contributed by atoms with Crippen LogP contribution in [0.3, 0.4) is 0 Å². The first-order valence-electron chi connectivity index (χ1n) is 6.53. The number of carboxylic acid groups (broad SMARTS) is 1. The molecule has 1 aliphatic carbocycles. The van der Waals surface area contributed by atoms with Crippen molar-refractivity contribution >= 4 is 5.97 Å². The fourth-order valence-electron chi connectivity index (χ4n) is 2.42. The van der Waals surface area contributed by atoms with Crippen LogP contribution in [0, 0.1) is 0 Å². The maximum absolute atomic E-state index is 11.3. The van der Waals surface area contributed by atoms with E-state index >= 15 is 0 Å². The predicted octanol–water partition coefficient (Wildman–Crippen LogP) is 3.34. The number of fused-ring (bicyclic) bond motifs is 1. The molecule has 0 fully saturated rings. The third-order valence-electron chi connectivity index (χ3n) is 3.62. The molecule has 3 rings (SSSR count). The van der Waals surface area contributed by atoms with Crippen LogP contribution in [-0.2, 0) is 10.4 Å². The number of benzene rings is 1. The summed E-state index contributed by atoms with van der Waals surface area (Å²) >= 11 is 0. The summed E-state index contributed by atoms with van der Waals surface area (Å²) in [4.78, 5) is 11.3. The zero-order chi connectivity index (χ0) is 15.0. The van der Waals surface area contributed by atoms with Crippen molar-refractivity contribution in [3.8, 4) is 22.5 Å². The molecular formula is C17H14O4. The van der Waals surface area contributed by atoms with Crippen LogP contribution in [0.2, 0.25) is 0 Å². The number of carbonyl (C=O) groups is 1. The topological polar surface area (TPSA) is 70.7 Å². The van der Waals surface area contributed by atoms with E-state index in [1.165, 1.54) is 13.2 Å². The lowest BCUT2D eigenvalue weighted by Crippen LogP contribution is -2.31. The van der Waals surface area contributed by atoms with E-state index in [4.69, 9.17) is 4.42 Å². The van der Waals surface area contributed by atoms with Crippen LogP contribution in [0.5, 0.6) is 0 Å². The smallest absolute Gasteiger partial charge is 0.340 e. The Balaban J connectivity index is 2.27. The summed E-state index contributed by atoms with van der Waals surface area (Å²) in [5.41, 5.74) is 0.809. The first kappa shape index (κ1) is 13.4. The van der Waals surface area contributed by atoms with Crippen molar-refractivity contribution in [3.05, 3.63) is 60.4 Å². The first-order valence-corrected chi connectivity index (χ1v) is 6.53. The van der Waals surface area contributed by atoms with Gasteiger partial charge in [0.15, 0.2) is 5.60 Å². The van der Waals surface area contributed by atoms with E-state index in [0.717, 1.165) is 16.7 Å². The summed E-state index contributed by atoms with van der Waals surface area (Å²) in [7, 11) is 0. The third kappa shape index (κ3) is 2.10. The van der Waals surface area contributed by atoms with Crippen molar-refractivity contribution in [2.24, 2.45) is 0 Å². The molecule has 0 amide bonds. The molecule has 0 bridgehead atoms. The van der Waals surface area contributed by atoms with Crippen LogP contribution in [0.4, 0.5) is 0 Å². The minimum Gasteiger partial charge on any atom is -0.479 e. The second-order valence-electron chi connectivity index (χ2n) is 5.07. The van der Waals surface area contributed by atoms with Crippen LogP contribution in [0.25, 0.3) is 22.5 Å². The summed E-state index contributed by atoms with van der Waals surface area (Å²) < 4.78 is 5.46. The molecule has 21 heavy (non-hydrogen) atoms. The van der Waals surface area contributed by atoms with Crippen molar-refractivity contribution in [1.82, 2.24) is 0 Å². The molecule has 1 aromatic carbocycles. The second kappa shape index (κ2) is 4.75. The van der Waals surface area contributed by atoms with Crippen molar-refractivity contribution in [2.75, 3.05) is 0 Å². The summed E-state index contributed by atoms with van der Waals surface area (Å²) in [6.45, 7) is 1.25. The van der Waals surface area contributed by atoms with Gasteiger partial charge in [0.05, 0.1) is 6.26 Å². The average molecular weight is 282 g/mol. The molecule has 1 aliphatic heterocycles. The molecule has 1 heterocycles. The van der Waals surface area contributed by atoms with E-state index < -0.39 is 11.6 Å². The molecule has 1 aromatic rings. The Hall–Kier alpha value is -2.59. The molecule has 1 unspecified atom stereocenters. The molecule has 0 radical (unpaired) electrons. The normalized spacial score (nSPS) is 14.0. The average Bonchev–Trinajstić information content (AvgIpc) is 2.88. The van der Waals surface area contributed by atoms with Gasteiger partial charge in [-0.3, -0.25) is 0 Å². The molecule has 0 saturated heterocycles. The van der Waals surface area contributed by atoms with Crippen molar-refractivity contribution in [1.29, 1.82) is 0 Å². The largest absolute Gasteiger partial charge is 0.479 e. The molecule has 2 N–H and O–H groups in total. The summed E-state index contributed by atoms with van der Waals surface area (Å²) in [6.07, 6.45) is 1.47. The first-order chi connectivity index (χ1) is 10.0. The Kier molecular flexibility index (Phi) is 3.03. The fourth-order valence-corrected chi connectivity index (χ4v) is 2.42. The van der Waals surface area contributed by atoms with Gasteiger partial charge in [0, 0.05) is 11.1 Å². The molecule has 2 aliphatic rings. The summed E-state index contributed by atoms with van der Waals surface area (Å²) in [5.74, 6) is -0.920. The minimum absolute atomic E-state index is 0.254. The lowest BCUT2D eigenvalue weighted by molar-refractivity contribution is -0.157. The van der Waals surface area contributed by atoms with E-state index in [9.17, 15) is 15.0 Å². The van der Waals surface area contributed by atoms with Crippen LogP contribution in [0.1, 0.15) is 12.5 Å². The molecule has 4 heteroatoms. The minimum atomic E-state index is -2.00. The molecule has 1 atom stereocenters. The Morgan fingerprint density at radius 3 is 2.48 bits per heavy atom. The van der Waals surface area contributed by atoms with Crippen molar-refractivity contribution in [2.45, 2.75) is 12.5 Å². The van der Waals surface area contributed by atoms with E-state index in [1.807, 2.05) is 36.4 Å². The summed E-state index contributed by atoms with van der Waals surface area (Å²) in [5, 5.41) is 19.5. The SMILES string of the molecule is CC(O)(C(=O)O)c1cc(-c2ccccc2)c2cccoc1-2. The molecule has 0 spiro atoms. The van der Waals surface area contributed by atoms with Gasteiger partial charge in [-0.1, -0.05) is 30.3 Å². The van der Waals surface area contributed by atoms with Crippen LogP contribution in [0.15, 0.2) is 59.2 Å². The maximum atomic E-state index is 11.3. The van der Waals surface area contributed by atoms with Crippen molar-refractivity contribution < 1.29 is 19.4 Å². The Labute approximate surface area is 121 Å². The molecule has 0 saturated carbocycles. The predicted molar refractivity (Wildman–Crippen MR) is 78.0 cm³/mol. The van der Waals surface area contributed by atoms with Crippen LogP contribution >= 0.6 is 0 Å². The summed E-state index contributed by atoms with van der Waals surface area (Å²) in [6, 6.07) is 14.9. The number of aliphatic hydroxyl groups is 1. The van der Waals surface area contributed by atoms with Gasteiger partial charge in [0.1, 0.15) is 5.76 Å². The highest BCUT2D eigenvalue weighted by Gasteiger charge is 2.38. The van der Waals surface area contributed by atoms with Gasteiger partial charge in [0.25, 0.3) is 0 Å². The second-order valence-corrected chi connectivity index (χ2v) is 5.07. The van der Waals surface area contributed by atoms with Gasteiger partial charge < -0.3 is 14.6 Å². The number of carboxylic acids is 1. The van der Waals surface area contributed by atoms with Crippen LogP contribution < -0.4 is 0 Å². The molecular weight excluding hydrogens is 268 g/mol. The highest BCUT2D eigenvalue weighted by molar-refractivity contribution is 5.91. The third-order valence-corrected chi connectivity index (χ3v) is 3.62. The fraction of sp³-hybridized carbons (Fsp3) is 0.118. The number of hydrogen-bond donors (Lipinski definition) is 2. The zero-order valence-electron chi connectivity index (χ0n) is 11.4. The van der Waals surface area contributed by atoms with E-state index in [0.29, 0.717) is 5.76 Å². The van der Waals surface area contributed by atoms with Gasteiger partial charge in [-0.25, -0.2) is 4.79 Å². The van der Waals surface area contributed by atoms with E-state index in [-0.39, 0.29) is 5.56 Å². The van der Waals surface area contributed by atoms with E-state index in [2.05, 4.69) is 0 Å². The van der Waals surface area contributed by atoms with Gasteiger partial charge >= 0.3 is 5.97 Å². The monoisotopic (exact) mass is 282 g/mol. The number of aliphatic carboxylic acids is 1. The lowest BCUT2D eigenvalue weighted by atomic mass is 9.97. The van der Waals surface area contributed by atoms with Gasteiger partial charge in [0.2, 0.25) is 0 Å².